The van der Waals surface area contributed by atoms with E-state index in [-0.39, 0.29) is 34.9 Å². The molecule has 2 aromatic carbocycles. The van der Waals surface area contributed by atoms with Crippen molar-refractivity contribution in [2.45, 2.75) is 49.2 Å². The number of hydrogen-bond acceptors (Lipinski definition) is 5. The van der Waals surface area contributed by atoms with Crippen LogP contribution in [-0.4, -0.2) is 45.2 Å². The molecular weight excluding hydrogens is 431 g/mol. The number of halogens is 1. The van der Waals surface area contributed by atoms with Crippen molar-refractivity contribution in [3.05, 3.63) is 65.5 Å². The molecule has 0 bridgehead atoms. The fraction of sp³-hybridized carbons (Fsp3) is 0.435. The summed E-state index contributed by atoms with van der Waals surface area (Å²) in [7, 11) is -1.49. The van der Waals surface area contributed by atoms with Crippen molar-refractivity contribution in [1.82, 2.24) is 21.1 Å². The molecule has 3 N–H and O–H groups in total. The lowest BCUT2D eigenvalue weighted by atomic mass is 9.99. The minimum absolute atomic E-state index is 0.0756. The number of rotatable bonds is 8. The number of sulfone groups is 1. The van der Waals surface area contributed by atoms with Crippen LogP contribution >= 0.6 is 0 Å². The van der Waals surface area contributed by atoms with E-state index >= 15 is 0 Å². The van der Waals surface area contributed by atoms with Crippen LogP contribution in [0.4, 0.5) is 9.18 Å². The predicted octanol–water partition coefficient (Wildman–Crippen LogP) is 3.32. The average molecular weight is 463 g/mol. The lowest BCUT2D eigenvalue weighted by Crippen LogP contribution is -2.39. The molecule has 0 aromatic heterocycles. The third-order valence-electron chi connectivity index (χ3n) is 5.77. The number of nitrogens with zero attached hydrogens (tertiary/aromatic N) is 1. The first-order valence-corrected chi connectivity index (χ1v) is 12.6. The minimum Gasteiger partial charge on any atom is -0.331 e. The fourth-order valence-corrected chi connectivity index (χ4v) is 4.44. The van der Waals surface area contributed by atoms with Crippen LogP contribution in [0.3, 0.4) is 0 Å². The number of nitrogens with one attached hydrogen (secondary N) is 3. The molecule has 0 saturated carbocycles. The van der Waals surface area contributed by atoms with Gasteiger partial charge >= 0.3 is 6.03 Å². The van der Waals surface area contributed by atoms with E-state index < -0.39 is 9.84 Å². The molecule has 3 atom stereocenters. The summed E-state index contributed by atoms with van der Waals surface area (Å²) in [6.07, 6.45) is 3.75. The summed E-state index contributed by atoms with van der Waals surface area (Å²) in [5.41, 5.74) is 8.25. The lowest BCUT2D eigenvalue weighted by molar-refractivity contribution is 0.204. The molecule has 32 heavy (non-hydrogen) atoms. The number of hydrogen-bond donors (Lipinski definition) is 3. The largest absolute Gasteiger partial charge is 0.331 e. The molecule has 1 heterocycles. The summed E-state index contributed by atoms with van der Waals surface area (Å²) < 4.78 is 36.6. The van der Waals surface area contributed by atoms with Crippen molar-refractivity contribution in [3.63, 3.8) is 0 Å². The van der Waals surface area contributed by atoms with Crippen LogP contribution < -0.4 is 16.2 Å². The molecule has 1 aliphatic heterocycles. The lowest BCUT2D eigenvalue weighted by Gasteiger charge is -2.22. The Morgan fingerprint density at radius 3 is 2.59 bits per heavy atom. The smallest absolute Gasteiger partial charge is 0.317 e. The number of benzene rings is 2. The minimum atomic E-state index is -3.24. The second-order valence-corrected chi connectivity index (χ2v) is 10.4. The highest BCUT2D eigenvalue weighted by Gasteiger charge is 2.25. The number of urea groups is 1. The molecule has 0 spiro atoms. The summed E-state index contributed by atoms with van der Waals surface area (Å²) in [5, 5.41) is 2.94. The van der Waals surface area contributed by atoms with Crippen LogP contribution in [0.1, 0.15) is 49.4 Å². The molecule has 3 rings (SSSR count). The van der Waals surface area contributed by atoms with E-state index in [9.17, 15) is 17.6 Å². The first-order chi connectivity index (χ1) is 15.1. The number of hydrazine groups is 1. The zero-order valence-electron chi connectivity index (χ0n) is 18.6. The molecule has 9 heteroatoms. The summed E-state index contributed by atoms with van der Waals surface area (Å²) >= 11 is 0. The third kappa shape index (κ3) is 6.51. The number of carbonyl (C=O) groups is 1. The molecule has 2 amide bonds. The van der Waals surface area contributed by atoms with Crippen LogP contribution in [0.2, 0.25) is 0 Å². The van der Waals surface area contributed by atoms with Gasteiger partial charge in [-0.2, -0.15) is 0 Å². The number of amides is 2. The maximum absolute atomic E-state index is 13.4. The second-order valence-electron chi connectivity index (χ2n) is 8.41. The molecule has 1 saturated heterocycles. The Labute approximate surface area is 189 Å². The van der Waals surface area contributed by atoms with E-state index in [1.54, 1.807) is 48.3 Å². The topological polar surface area (TPSA) is 90.5 Å². The van der Waals surface area contributed by atoms with E-state index in [2.05, 4.69) is 16.2 Å². The SMILES string of the molecule is CC(NC(=O)N(C)CCCC1CC(c2cccc(F)c2)NN1)c1ccc(S(C)(=O)=O)cc1. The third-order valence-corrected chi connectivity index (χ3v) is 6.90. The van der Waals surface area contributed by atoms with E-state index in [1.807, 2.05) is 13.0 Å². The molecule has 174 valence electrons. The monoisotopic (exact) mass is 462 g/mol. The van der Waals surface area contributed by atoms with Crippen molar-refractivity contribution in [2.24, 2.45) is 0 Å². The molecule has 0 radical (unpaired) electrons. The first-order valence-electron chi connectivity index (χ1n) is 10.7. The quantitative estimate of drug-likeness (QED) is 0.560. The normalized spacial score (nSPS) is 19.5. The van der Waals surface area contributed by atoms with Crippen molar-refractivity contribution < 1.29 is 17.6 Å². The fourth-order valence-electron chi connectivity index (χ4n) is 3.81. The highest BCUT2D eigenvalue weighted by molar-refractivity contribution is 7.90. The first kappa shape index (κ1) is 24.2. The highest BCUT2D eigenvalue weighted by atomic mass is 32.2. The Hall–Kier alpha value is -2.49. The van der Waals surface area contributed by atoms with Gasteiger partial charge < -0.3 is 10.2 Å². The Morgan fingerprint density at radius 2 is 1.94 bits per heavy atom. The molecule has 1 fully saturated rings. The van der Waals surface area contributed by atoms with Crippen molar-refractivity contribution in [2.75, 3.05) is 19.8 Å². The van der Waals surface area contributed by atoms with Crippen LogP contribution in [0.5, 0.6) is 0 Å². The number of carbonyl (C=O) groups excluding carboxylic acids is 1. The van der Waals surface area contributed by atoms with Gasteiger partial charge in [0.05, 0.1) is 10.9 Å². The summed E-state index contributed by atoms with van der Waals surface area (Å²) in [4.78, 5) is 14.4. The van der Waals surface area contributed by atoms with Crippen LogP contribution in [-0.2, 0) is 9.84 Å². The van der Waals surface area contributed by atoms with Gasteiger partial charge in [0, 0.05) is 31.9 Å². The Kier molecular flexibility index (Phi) is 7.86. The zero-order chi connectivity index (χ0) is 23.3. The van der Waals surface area contributed by atoms with Gasteiger partial charge in [0.2, 0.25) is 0 Å². The maximum Gasteiger partial charge on any atom is 0.317 e. The van der Waals surface area contributed by atoms with Crippen LogP contribution in [0.15, 0.2) is 53.4 Å². The van der Waals surface area contributed by atoms with E-state index in [1.165, 1.54) is 12.3 Å². The van der Waals surface area contributed by atoms with Gasteiger partial charge in [-0.25, -0.2) is 17.6 Å². The summed E-state index contributed by atoms with van der Waals surface area (Å²) in [6, 6.07) is 13.1. The van der Waals surface area contributed by atoms with Crippen LogP contribution in [0, 0.1) is 5.82 Å². The predicted molar refractivity (Wildman–Crippen MR) is 122 cm³/mol. The summed E-state index contributed by atoms with van der Waals surface area (Å²) in [6.45, 7) is 2.47. The zero-order valence-corrected chi connectivity index (χ0v) is 19.5. The molecule has 2 aromatic rings. The van der Waals surface area contributed by atoms with Gasteiger partial charge in [-0.3, -0.25) is 10.9 Å². The Morgan fingerprint density at radius 1 is 1.22 bits per heavy atom. The van der Waals surface area contributed by atoms with Gasteiger partial charge in [-0.15, -0.1) is 0 Å². The molecule has 3 unspecified atom stereocenters. The maximum atomic E-state index is 13.4. The standard InChI is InChI=1S/C23H31FN4O3S/c1-16(17-9-11-21(12-10-17)32(3,30)31)25-23(29)28(2)13-5-8-20-15-22(27-26-20)18-6-4-7-19(24)14-18/h4,6-7,9-12,14,16,20,22,26-27H,5,8,13,15H2,1-3H3,(H,25,29). The van der Waals surface area contributed by atoms with Gasteiger partial charge in [-0.05, 0) is 61.6 Å². The Bertz CT molecular complexity index is 1030. The second kappa shape index (κ2) is 10.4. The molecule has 0 aliphatic carbocycles. The van der Waals surface area contributed by atoms with Crippen molar-refractivity contribution in [1.29, 1.82) is 0 Å². The molecule has 1 aliphatic rings. The van der Waals surface area contributed by atoms with Crippen molar-refractivity contribution >= 4 is 15.9 Å². The van der Waals surface area contributed by atoms with E-state index in [0.717, 1.165) is 30.4 Å². The highest BCUT2D eigenvalue weighted by Crippen LogP contribution is 2.24. The molecular formula is C23H31FN4O3S. The van der Waals surface area contributed by atoms with Gasteiger partial charge in [-0.1, -0.05) is 24.3 Å². The average Bonchev–Trinajstić information content (AvgIpc) is 3.22. The Balaban J connectivity index is 1.41. The van der Waals surface area contributed by atoms with Gasteiger partial charge in [0.25, 0.3) is 0 Å². The van der Waals surface area contributed by atoms with Crippen LogP contribution in [0.25, 0.3) is 0 Å². The van der Waals surface area contributed by atoms with Gasteiger partial charge in [0.1, 0.15) is 5.82 Å². The summed E-state index contributed by atoms with van der Waals surface area (Å²) in [5.74, 6) is -0.235. The van der Waals surface area contributed by atoms with Crippen molar-refractivity contribution in [3.8, 4) is 0 Å². The van der Waals surface area contributed by atoms with Gasteiger partial charge in [0.15, 0.2) is 9.84 Å². The van der Waals surface area contributed by atoms with E-state index in [4.69, 9.17) is 0 Å². The van der Waals surface area contributed by atoms with E-state index in [0.29, 0.717) is 6.54 Å². The molecule has 7 nitrogen and oxygen atoms in total.